The number of oxazole rings is 1. The van der Waals surface area contributed by atoms with Crippen molar-refractivity contribution in [2.45, 2.75) is 13.5 Å². The van der Waals surface area contributed by atoms with Crippen molar-refractivity contribution in [3.8, 4) is 11.5 Å². The molecule has 0 spiro atoms. The number of nitrogens with one attached hydrogen (secondary N) is 1. The first kappa shape index (κ1) is 15.1. The maximum atomic E-state index is 10.8. The van der Waals surface area contributed by atoms with Gasteiger partial charge in [0.05, 0.1) is 17.2 Å². The lowest BCUT2D eigenvalue weighted by atomic mass is 10.1. The van der Waals surface area contributed by atoms with Crippen LogP contribution in [0.5, 0.6) is 0 Å². The third kappa shape index (κ3) is 3.87. The van der Waals surface area contributed by atoms with E-state index in [0.717, 1.165) is 17.8 Å². The molecule has 0 unspecified atom stereocenters. The topological polar surface area (TPSA) is 90.4 Å². The van der Waals surface area contributed by atoms with E-state index in [1.165, 1.54) is 6.07 Å². The number of nitro groups is 1. The summed E-state index contributed by atoms with van der Waals surface area (Å²) in [6.07, 6.45) is 1.58. The number of nitrogens with zero attached hydrogens (tertiary/aromatic N) is 2. The second-order valence-corrected chi connectivity index (χ2v) is 4.57. The summed E-state index contributed by atoms with van der Waals surface area (Å²) in [6.45, 7) is 3.64. The normalized spacial score (nSPS) is 10.8. The molecule has 7 nitrogen and oxygen atoms in total. The molecule has 0 saturated carbocycles. The number of aryl methyl sites for hydroxylation is 1. The van der Waals surface area contributed by atoms with E-state index in [1.807, 2.05) is 0 Å². The molecule has 2 aromatic rings. The Morgan fingerprint density at radius 3 is 2.95 bits per heavy atom. The van der Waals surface area contributed by atoms with Crippen molar-refractivity contribution in [1.29, 1.82) is 0 Å². The average molecular weight is 291 g/mol. The zero-order chi connectivity index (χ0) is 15.2. The summed E-state index contributed by atoms with van der Waals surface area (Å²) in [5.74, 6) is 0.455. The minimum absolute atomic E-state index is 0.0896. The summed E-state index contributed by atoms with van der Waals surface area (Å²) < 4.78 is 10.3. The minimum Gasteiger partial charge on any atom is -0.444 e. The quantitative estimate of drug-likeness (QED) is 0.478. The molecule has 2 rings (SSSR count). The first-order valence-corrected chi connectivity index (χ1v) is 6.51. The van der Waals surface area contributed by atoms with Gasteiger partial charge in [-0.3, -0.25) is 10.1 Å². The number of methoxy groups -OCH3 is 1. The van der Waals surface area contributed by atoms with Gasteiger partial charge in [0.2, 0.25) is 5.89 Å². The van der Waals surface area contributed by atoms with Crippen LogP contribution in [0, 0.1) is 17.0 Å². The van der Waals surface area contributed by atoms with Crippen molar-refractivity contribution in [2.24, 2.45) is 0 Å². The van der Waals surface area contributed by atoms with E-state index >= 15 is 0 Å². The number of ether oxygens (including phenoxy) is 1. The van der Waals surface area contributed by atoms with Crippen LogP contribution in [0.2, 0.25) is 0 Å². The number of hydrogen-bond donors (Lipinski definition) is 1. The van der Waals surface area contributed by atoms with Gasteiger partial charge in [-0.1, -0.05) is 0 Å². The Kier molecular flexibility index (Phi) is 5.02. The van der Waals surface area contributed by atoms with E-state index in [0.29, 0.717) is 24.6 Å². The summed E-state index contributed by atoms with van der Waals surface area (Å²) in [4.78, 5) is 14.7. The largest absolute Gasteiger partial charge is 0.444 e. The summed E-state index contributed by atoms with van der Waals surface area (Å²) in [7, 11) is 1.65. The molecule has 0 aliphatic carbocycles. The standard InChI is InChI=1S/C14H17N3O4/c1-10-7-11(3-4-13(10)17(18)19)14-16-12(9-21-14)8-15-5-6-20-2/h3-4,7,9,15H,5-6,8H2,1-2H3. The zero-order valence-electron chi connectivity index (χ0n) is 12.0. The van der Waals surface area contributed by atoms with Crippen molar-refractivity contribution >= 4 is 5.69 Å². The summed E-state index contributed by atoms with van der Waals surface area (Å²) in [5, 5.41) is 14.0. The predicted molar refractivity (Wildman–Crippen MR) is 76.9 cm³/mol. The number of benzene rings is 1. The Labute approximate surface area is 122 Å². The molecule has 1 aromatic heterocycles. The molecule has 0 aliphatic rings. The maximum Gasteiger partial charge on any atom is 0.272 e. The molecule has 0 amide bonds. The molecule has 0 bridgehead atoms. The van der Waals surface area contributed by atoms with Crippen LogP contribution in [-0.4, -0.2) is 30.2 Å². The van der Waals surface area contributed by atoms with Crippen molar-refractivity contribution in [2.75, 3.05) is 20.3 Å². The molecule has 0 fully saturated rings. The predicted octanol–water partition coefficient (Wildman–Crippen LogP) is 2.29. The summed E-state index contributed by atoms with van der Waals surface area (Å²) >= 11 is 0. The molecule has 1 aromatic carbocycles. The van der Waals surface area contributed by atoms with Crippen molar-refractivity contribution in [3.05, 3.63) is 45.8 Å². The van der Waals surface area contributed by atoms with E-state index in [4.69, 9.17) is 9.15 Å². The zero-order valence-corrected chi connectivity index (χ0v) is 12.0. The van der Waals surface area contributed by atoms with Crippen LogP contribution >= 0.6 is 0 Å². The van der Waals surface area contributed by atoms with E-state index in [9.17, 15) is 10.1 Å². The van der Waals surface area contributed by atoms with Crippen LogP contribution in [0.25, 0.3) is 11.5 Å². The average Bonchev–Trinajstić information content (AvgIpc) is 2.92. The number of nitro benzene ring substituents is 1. The third-order valence-corrected chi connectivity index (χ3v) is 2.98. The van der Waals surface area contributed by atoms with Gasteiger partial charge in [-0.25, -0.2) is 4.98 Å². The maximum absolute atomic E-state index is 10.8. The van der Waals surface area contributed by atoms with Gasteiger partial charge in [0.25, 0.3) is 5.69 Å². The van der Waals surface area contributed by atoms with Gasteiger partial charge in [0, 0.05) is 37.4 Å². The van der Waals surface area contributed by atoms with E-state index in [2.05, 4.69) is 10.3 Å². The van der Waals surface area contributed by atoms with Gasteiger partial charge in [-0.05, 0) is 19.1 Å². The molecule has 1 heterocycles. The van der Waals surface area contributed by atoms with Gasteiger partial charge in [-0.2, -0.15) is 0 Å². The summed E-state index contributed by atoms with van der Waals surface area (Å²) in [5.41, 5.74) is 2.17. The SMILES string of the molecule is COCCNCc1coc(-c2ccc([N+](=O)[O-])c(C)c2)n1. The molecule has 1 N–H and O–H groups in total. The van der Waals surface area contributed by atoms with E-state index in [1.54, 1.807) is 32.4 Å². The van der Waals surface area contributed by atoms with Gasteiger partial charge in [0.15, 0.2) is 0 Å². The third-order valence-electron chi connectivity index (χ3n) is 2.98. The van der Waals surface area contributed by atoms with Crippen LogP contribution in [-0.2, 0) is 11.3 Å². The molecule has 0 atom stereocenters. The van der Waals surface area contributed by atoms with Crippen molar-refractivity contribution in [1.82, 2.24) is 10.3 Å². The highest BCUT2D eigenvalue weighted by Crippen LogP contribution is 2.25. The van der Waals surface area contributed by atoms with Crippen LogP contribution in [0.4, 0.5) is 5.69 Å². The van der Waals surface area contributed by atoms with Crippen LogP contribution in [0.1, 0.15) is 11.3 Å². The number of hydrogen-bond acceptors (Lipinski definition) is 6. The molecule has 7 heteroatoms. The fourth-order valence-electron chi connectivity index (χ4n) is 1.90. The first-order chi connectivity index (χ1) is 10.1. The lowest BCUT2D eigenvalue weighted by Crippen LogP contribution is -2.18. The monoisotopic (exact) mass is 291 g/mol. The molecular weight excluding hydrogens is 274 g/mol. The Morgan fingerprint density at radius 1 is 1.48 bits per heavy atom. The van der Waals surface area contributed by atoms with Crippen molar-refractivity contribution in [3.63, 3.8) is 0 Å². The molecular formula is C14H17N3O4. The highest BCUT2D eigenvalue weighted by atomic mass is 16.6. The molecule has 0 radical (unpaired) electrons. The second kappa shape index (κ2) is 6.96. The molecule has 21 heavy (non-hydrogen) atoms. The fraction of sp³-hybridized carbons (Fsp3) is 0.357. The lowest BCUT2D eigenvalue weighted by Gasteiger charge is -2.00. The summed E-state index contributed by atoms with van der Waals surface area (Å²) in [6, 6.07) is 4.80. The Hall–Kier alpha value is -2.25. The Balaban J connectivity index is 2.07. The smallest absolute Gasteiger partial charge is 0.272 e. The Morgan fingerprint density at radius 2 is 2.29 bits per heavy atom. The van der Waals surface area contributed by atoms with E-state index < -0.39 is 4.92 Å². The van der Waals surface area contributed by atoms with Crippen LogP contribution < -0.4 is 5.32 Å². The van der Waals surface area contributed by atoms with Crippen LogP contribution in [0.15, 0.2) is 28.9 Å². The van der Waals surface area contributed by atoms with Gasteiger partial charge in [-0.15, -0.1) is 0 Å². The molecule has 0 aliphatic heterocycles. The second-order valence-electron chi connectivity index (χ2n) is 4.57. The van der Waals surface area contributed by atoms with Gasteiger partial charge >= 0.3 is 0 Å². The van der Waals surface area contributed by atoms with Gasteiger partial charge < -0.3 is 14.5 Å². The lowest BCUT2D eigenvalue weighted by molar-refractivity contribution is -0.385. The minimum atomic E-state index is -0.403. The molecule has 112 valence electrons. The fourth-order valence-corrected chi connectivity index (χ4v) is 1.90. The highest BCUT2D eigenvalue weighted by Gasteiger charge is 2.13. The van der Waals surface area contributed by atoms with E-state index in [-0.39, 0.29) is 5.69 Å². The first-order valence-electron chi connectivity index (χ1n) is 6.51. The van der Waals surface area contributed by atoms with Crippen molar-refractivity contribution < 1.29 is 14.1 Å². The Bertz CT molecular complexity index is 624. The number of rotatable bonds is 7. The number of aromatic nitrogens is 1. The van der Waals surface area contributed by atoms with Gasteiger partial charge in [0.1, 0.15) is 6.26 Å². The van der Waals surface area contributed by atoms with Crippen LogP contribution in [0.3, 0.4) is 0 Å². The molecule has 0 saturated heterocycles. The highest BCUT2D eigenvalue weighted by molar-refractivity contribution is 5.59.